The van der Waals surface area contributed by atoms with Crippen LogP contribution < -0.4 is 9.64 Å². The van der Waals surface area contributed by atoms with Crippen LogP contribution in [0.1, 0.15) is 0 Å². The van der Waals surface area contributed by atoms with Crippen molar-refractivity contribution in [2.45, 2.75) is 6.10 Å². The van der Waals surface area contributed by atoms with E-state index >= 15 is 0 Å². The van der Waals surface area contributed by atoms with Gasteiger partial charge in [0.2, 0.25) is 0 Å². The van der Waals surface area contributed by atoms with Crippen LogP contribution in [0.15, 0.2) is 46.9 Å². The van der Waals surface area contributed by atoms with Crippen LogP contribution in [0.4, 0.5) is 14.5 Å². The maximum atomic E-state index is 13.7. The topological polar surface area (TPSA) is 52.9 Å². The molecule has 0 spiro atoms. The molecule has 2 N–H and O–H groups in total. The zero-order valence-corrected chi connectivity index (χ0v) is 15.6. The number of aliphatic hydroxyl groups excluding tert-OH is 2. The Hall–Kier alpha value is -1.41. The van der Waals surface area contributed by atoms with Crippen LogP contribution in [-0.4, -0.2) is 42.6 Å². The van der Waals surface area contributed by atoms with Gasteiger partial charge in [-0.05, 0) is 24.3 Å². The molecule has 0 radical (unpaired) electrons. The Morgan fingerprint density at radius 1 is 1.12 bits per heavy atom. The fourth-order valence-electron chi connectivity index (χ4n) is 2.24. The van der Waals surface area contributed by atoms with Crippen molar-refractivity contribution < 1.29 is 23.7 Å². The number of benzene rings is 2. The number of nitrogens with zero attached hydrogens (tertiary/aromatic N) is 1. The highest BCUT2D eigenvalue weighted by Gasteiger charge is 2.16. The van der Waals surface area contributed by atoms with Crippen molar-refractivity contribution in [1.82, 2.24) is 0 Å². The molecule has 1 unspecified atom stereocenters. The van der Waals surface area contributed by atoms with Crippen LogP contribution in [0.3, 0.4) is 0 Å². The number of hydrogen-bond acceptors (Lipinski definition) is 4. The summed E-state index contributed by atoms with van der Waals surface area (Å²) >= 11 is 2.99. The largest absolute Gasteiger partial charge is 0.485 e. The van der Waals surface area contributed by atoms with Gasteiger partial charge in [0.1, 0.15) is 12.7 Å². The fraction of sp³-hybridized carbons (Fsp3) is 0.294. The van der Waals surface area contributed by atoms with Crippen molar-refractivity contribution in [1.29, 1.82) is 0 Å². The molecule has 25 heavy (non-hydrogen) atoms. The van der Waals surface area contributed by atoms with Crippen molar-refractivity contribution in [2.24, 2.45) is 0 Å². The van der Waals surface area contributed by atoms with Gasteiger partial charge < -0.3 is 19.8 Å². The third-order valence-corrected chi connectivity index (χ3v) is 3.76. The van der Waals surface area contributed by atoms with E-state index in [1.165, 1.54) is 0 Å². The summed E-state index contributed by atoms with van der Waals surface area (Å²) in [7, 11) is 0. The standard InChI is InChI=1S/C17H18BrF2NO3.ClH/c18-12-8-15(19)17(16(20)9-12)24-11-14(23)10-21(6-7-22)13-4-2-1-3-5-13;/h1-5,8-9,14,22-23H,6-7,10-11H2;1H. The van der Waals surface area contributed by atoms with E-state index in [4.69, 9.17) is 9.84 Å². The summed E-state index contributed by atoms with van der Waals surface area (Å²) in [6, 6.07) is 11.4. The second-order valence-electron chi connectivity index (χ2n) is 5.17. The highest BCUT2D eigenvalue weighted by Crippen LogP contribution is 2.26. The third-order valence-electron chi connectivity index (χ3n) is 3.31. The first-order chi connectivity index (χ1) is 11.5. The monoisotopic (exact) mass is 437 g/mol. The first-order valence-electron chi connectivity index (χ1n) is 7.37. The average molecular weight is 439 g/mol. The molecule has 0 aromatic heterocycles. The summed E-state index contributed by atoms with van der Waals surface area (Å²) < 4.78 is 32.7. The highest BCUT2D eigenvalue weighted by atomic mass is 79.9. The lowest BCUT2D eigenvalue weighted by Gasteiger charge is -2.26. The molecule has 0 aliphatic heterocycles. The lowest BCUT2D eigenvalue weighted by atomic mass is 10.2. The molecule has 0 saturated carbocycles. The van der Waals surface area contributed by atoms with E-state index in [0.29, 0.717) is 6.54 Å². The number of rotatable bonds is 8. The van der Waals surface area contributed by atoms with Gasteiger partial charge in [-0.1, -0.05) is 34.1 Å². The molecule has 0 heterocycles. The molecule has 138 valence electrons. The van der Waals surface area contributed by atoms with E-state index in [1.807, 2.05) is 30.3 Å². The van der Waals surface area contributed by atoms with Crippen molar-refractivity contribution in [3.8, 4) is 5.75 Å². The lowest BCUT2D eigenvalue weighted by Crippen LogP contribution is -2.37. The quantitative estimate of drug-likeness (QED) is 0.663. The van der Waals surface area contributed by atoms with Crippen LogP contribution in [0.25, 0.3) is 0 Å². The summed E-state index contributed by atoms with van der Waals surface area (Å²) in [5, 5.41) is 19.3. The van der Waals surface area contributed by atoms with Gasteiger partial charge in [0.25, 0.3) is 0 Å². The van der Waals surface area contributed by atoms with Gasteiger partial charge in [-0.3, -0.25) is 0 Å². The highest BCUT2D eigenvalue weighted by molar-refractivity contribution is 9.10. The maximum absolute atomic E-state index is 13.7. The molecule has 2 aromatic carbocycles. The number of anilines is 1. The van der Waals surface area contributed by atoms with Crippen molar-refractivity contribution in [2.75, 3.05) is 31.2 Å². The molecule has 8 heteroatoms. The summed E-state index contributed by atoms with van der Waals surface area (Å²) in [6.45, 7) is 0.120. The van der Waals surface area contributed by atoms with E-state index in [9.17, 15) is 13.9 Å². The van der Waals surface area contributed by atoms with Gasteiger partial charge >= 0.3 is 0 Å². The molecular weight excluding hydrogens is 420 g/mol. The number of ether oxygens (including phenoxy) is 1. The Balaban J connectivity index is 0.00000312. The molecule has 0 amide bonds. The van der Waals surface area contributed by atoms with E-state index in [2.05, 4.69) is 15.9 Å². The fourth-order valence-corrected chi connectivity index (χ4v) is 2.64. The molecule has 0 bridgehead atoms. The van der Waals surface area contributed by atoms with Gasteiger partial charge in [0, 0.05) is 23.2 Å². The molecule has 4 nitrogen and oxygen atoms in total. The van der Waals surface area contributed by atoms with Gasteiger partial charge in [0.05, 0.1) is 6.61 Å². The zero-order valence-electron chi connectivity index (χ0n) is 13.2. The van der Waals surface area contributed by atoms with E-state index in [-0.39, 0.29) is 36.6 Å². The molecule has 0 saturated heterocycles. The first-order valence-corrected chi connectivity index (χ1v) is 8.17. The number of para-hydroxylation sites is 1. The Kier molecular flexibility index (Phi) is 9.13. The third kappa shape index (κ3) is 6.43. The average Bonchev–Trinajstić information content (AvgIpc) is 2.54. The van der Waals surface area contributed by atoms with Crippen LogP contribution in [0.5, 0.6) is 5.75 Å². The normalized spacial score (nSPS) is 11.6. The van der Waals surface area contributed by atoms with Crippen molar-refractivity contribution in [3.63, 3.8) is 0 Å². The second kappa shape index (κ2) is 10.6. The van der Waals surface area contributed by atoms with E-state index in [0.717, 1.165) is 17.8 Å². The van der Waals surface area contributed by atoms with Gasteiger partial charge in [0.15, 0.2) is 17.4 Å². The predicted octanol–water partition coefficient (Wildman–Crippen LogP) is 3.39. The number of halogens is 4. The van der Waals surface area contributed by atoms with Crippen LogP contribution >= 0.6 is 28.3 Å². The van der Waals surface area contributed by atoms with Crippen LogP contribution in [0.2, 0.25) is 0 Å². The second-order valence-corrected chi connectivity index (χ2v) is 6.08. The first kappa shape index (κ1) is 21.6. The molecule has 1 atom stereocenters. The molecule has 0 aliphatic rings. The molecule has 2 aromatic rings. The number of hydrogen-bond donors (Lipinski definition) is 2. The summed E-state index contributed by atoms with van der Waals surface area (Å²) in [6.07, 6.45) is -0.987. The Bertz CT molecular complexity index is 641. The summed E-state index contributed by atoms with van der Waals surface area (Å²) in [4.78, 5) is 1.77. The smallest absolute Gasteiger partial charge is 0.190 e. The minimum absolute atomic E-state index is 0. The Morgan fingerprint density at radius 2 is 1.72 bits per heavy atom. The SMILES string of the molecule is Cl.OCCN(CC(O)COc1c(F)cc(Br)cc1F)c1ccccc1. The minimum Gasteiger partial charge on any atom is -0.485 e. The van der Waals surface area contributed by atoms with Crippen molar-refractivity contribution >= 4 is 34.0 Å². The Labute approximate surface area is 159 Å². The Morgan fingerprint density at radius 3 is 2.28 bits per heavy atom. The summed E-state index contributed by atoms with van der Waals surface area (Å²) in [5.74, 6) is -2.21. The maximum Gasteiger partial charge on any atom is 0.190 e. The molecule has 0 aliphatic carbocycles. The summed E-state index contributed by atoms with van der Waals surface area (Å²) in [5.41, 5.74) is 0.826. The van der Waals surface area contributed by atoms with Gasteiger partial charge in [-0.2, -0.15) is 0 Å². The zero-order chi connectivity index (χ0) is 17.5. The molecule has 0 fully saturated rings. The van der Waals surface area contributed by atoms with Crippen LogP contribution in [-0.2, 0) is 0 Å². The van der Waals surface area contributed by atoms with Crippen LogP contribution in [0, 0.1) is 11.6 Å². The van der Waals surface area contributed by atoms with Crippen molar-refractivity contribution in [3.05, 3.63) is 58.6 Å². The van der Waals surface area contributed by atoms with E-state index < -0.39 is 23.5 Å². The number of aliphatic hydroxyl groups is 2. The predicted molar refractivity (Wildman–Crippen MR) is 98.5 cm³/mol. The lowest BCUT2D eigenvalue weighted by molar-refractivity contribution is 0.106. The van der Waals surface area contributed by atoms with Gasteiger partial charge in [-0.15, -0.1) is 12.4 Å². The minimum atomic E-state index is -0.987. The molecule has 2 rings (SSSR count). The van der Waals surface area contributed by atoms with E-state index in [1.54, 1.807) is 4.90 Å². The van der Waals surface area contributed by atoms with Gasteiger partial charge in [-0.25, -0.2) is 8.78 Å². The molecular formula is C17H19BrClF2NO3.